The van der Waals surface area contributed by atoms with Crippen LogP contribution in [-0.4, -0.2) is 75.3 Å². The fourth-order valence-corrected chi connectivity index (χ4v) is 4.10. The Balaban J connectivity index is 1.42. The van der Waals surface area contributed by atoms with Crippen molar-refractivity contribution in [3.05, 3.63) is 77.6 Å². The number of carbonyl (C=O) groups is 2. The number of hydrogen-bond acceptors (Lipinski definition) is 9. The minimum atomic E-state index is -0.575. The molecule has 0 unspecified atom stereocenters. The Morgan fingerprint density at radius 3 is 2.20 bits per heavy atom. The van der Waals surface area contributed by atoms with E-state index in [4.69, 9.17) is 26.0 Å². The molecule has 4 rings (SSSR count). The zero-order valence-corrected chi connectivity index (χ0v) is 22.8. The highest BCUT2D eigenvalue weighted by Gasteiger charge is 2.26. The van der Waals surface area contributed by atoms with Crippen LogP contribution in [0.5, 0.6) is 0 Å². The third kappa shape index (κ3) is 6.99. The lowest BCUT2D eigenvalue weighted by Gasteiger charge is -2.26. The van der Waals surface area contributed by atoms with Crippen LogP contribution in [0.1, 0.15) is 48.8 Å². The highest BCUT2D eigenvalue weighted by molar-refractivity contribution is 6.05. The summed E-state index contributed by atoms with van der Waals surface area (Å²) in [6.07, 6.45) is 1.76. The second-order valence-electron chi connectivity index (χ2n) is 10.3. The zero-order valence-electron chi connectivity index (χ0n) is 22.8. The third-order valence-electron chi connectivity index (χ3n) is 6.12. The Labute approximate surface area is 233 Å². The van der Waals surface area contributed by atoms with Gasteiger partial charge >= 0.3 is 6.09 Å². The zero-order chi connectivity index (χ0) is 28.9. The molecular weight excluding hydrogens is 510 g/mol. The molecule has 3 aromatic rings. The van der Waals surface area contributed by atoms with Crippen LogP contribution in [0.25, 0.3) is 11.3 Å². The molecule has 4 N–H and O–H groups in total. The van der Waals surface area contributed by atoms with Crippen molar-refractivity contribution in [2.24, 2.45) is 0 Å². The first kappa shape index (κ1) is 28.2. The maximum absolute atomic E-state index is 13.2. The van der Waals surface area contributed by atoms with Gasteiger partial charge in [-0.15, -0.1) is 0 Å². The van der Waals surface area contributed by atoms with Crippen LogP contribution in [0.4, 0.5) is 10.6 Å². The monoisotopic (exact) mass is 543 g/mol. The number of amides is 2. The quantitative estimate of drug-likeness (QED) is 0.329. The van der Waals surface area contributed by atoms with Crippen molar-refractivity contribution in [3.8, 4) is 11.3 Å². The second kappa shape index (κ2) is 11.9. The predicted molar refractivity (Wildman–Crippen MR) is 151 cm³/mol. The van der Waals surface area contributed by atoms with Gasteiger partial charge in [-0.05, 0) is 51.5 Å². The van der Waals surface area contributed by atoms with Gasteiger partial charge in [-0.3, -0.25) is 15.6 Å². The van der Waals surface area contributed by atoms with Crippen molar-refractivity contribution in [2.75, 3.05) is 31.9 Å². The van der Waals surface area contributed by atoms with E-state index >= 15 is 0 Å². The molecule has 1 saturated heterocycles. The molecule has 2 heterocycles. The average Bonchev–Trinajstić information content (AvgIpc) is 3.19. The van der Waals surface area contributed by atoms with Crippen molar-refractivity contribution in [3.63, 3.8) is 0 Å². The van der Waals surface area contributed by atoms with Crippen molar-refractivity contribution >= 4 is 29.6 Å². The van der Waals surface area contributed by atoms with Crippen LogP contribution in [0.3, 0.4) is 0 Å². The van der Waals surface area contributed by atoms with Crippen LogP contribution >= 0.6 is 0 Å². The molecule has 1 fully saturated rings. The number of ether oxygens (including phenoxy) is 2. The lowest BCUT2D eigenvalue weighted by atomic mass is 10.1. The molecule has 40 heavy (non-hydrogen) atoms. The molecule has 2 aromatic carbocycles. The van der Waals surface area contributed by atoms with Crippen molar-refractivity contribution in [1.82, 2.24) is 19.8 Å². The topological polar surface area (TPSA) is 159 Å². The average molecular weight is 544 g/mol. The maximum atomic E-state index is 13.2. The Morgan fingerprint density at radius 2 is 1.52 bits per heavy atom. The largest absolute Gasteiger partial charge is 0.444 e. The molecule has 0 bridgehead atoms. The summed E-state index contributed by atoms with van der Waals surface area (Å²) >= 11 is 0. The van der Waals surface area contributed by atoms with Gasteiger partial charge in [0.05, 0.1) is 11.9 Å². The number of anilines is 1. The Morgan fingerprint density at radius 1 is 0.875 bits per heavy atom. The minimum Gasteiger partial charge on any atom is -0.444 e. The number of nitrogens with two attached hydrogens (primary N) is 1. The lowest BCUT2D eigenvalue weighted by molar-refractivity contribution is 0.0255. The normalized spacial score (nSPS) is 13.8. The minimum absolute atomic E-state index is 0.00278. The van der Waals surface area contributed by atoms with E-state index in [2.05, 4.69) is 9.97 Å². The predicted octanol–water partition coefficient (Wildman–Crippen LogP) is 4.18. The summed E-state index contributed by atoms with van der Waals surface area (Å²) in [5.41, 5.74) is 7.51. The number of nitrogens with zero attached hydrogens (tertiary/aromatic N) is 4. The Hall–Kier alpha value is -4.80. The SMILES string of the molecule is CC(C)(C)OC(=O)N1CCCN(C(=O)c2ccc(-c3cnc(N)c(C(=N)OC(=N)c4ccccc4)n3)cc2)CC1. The third-order valence-corrected chi connectivity index (χ3v) is 6.12. The molecule has 0 spiro atoms. The standard InChI is InChI=1S/C29H33N7O4/c1-29(2,3)40-28(38)36-15-7-14-35(16-17-36)27(37)21-12-10-19(11-13-21)22-18-33-24(30)23(34-22)26(32)39-25(31)20-8-5-4-6-9-20/h4-6,8-13,18,31-32H,7,14-17H2,1-3H3,(H2,30,33). The molecule has 11 nitrogen and oxygen atoms in total. The number of benzene rings is 2. The highest BCUT2D eigenvalue weighted by Crippen LogP contribution is 2.21. The summed E-state index contributed by atoms with van der Waals surface area (Å²) in [6.45, 7) is 7.36. The molecule has 0 radical (unpaired) electrons. The van der Waals surface area contributed by atoms with Gasteiger partial charge in [0.2, 0.25) is 11.8 Å². The van der Waals surface area contributed by atoms with Crippen LogP contribution in [0.2, 0.25) is 0 Å². The summed E-state index contributed by atoms with van der Waals surface area (Å²) in [4.78, 5) is 37.6. The van der Waals surface area contributed by atoms with E-state index in [1.54, 1.807) is 58.3 Å². The molecule has 208 valence electrons. The van der Waals surface area contributed by atoms with Crippen LogP contribution in [-0.2, 0) is 9.47 Å². The molecule has 0 aliphatic carbocycles. The summed E-state index contributed by atoms with van der Waals surface area (Å²) < 4.78 is 10.8. The van der Waals surface area contributed by atoms with E-state index in [0.29, 0.717) is 55.0 Å². The van der Waals surface area contributed by atoms with E-state index < -0.39 is 11.5 Å². The fourth-order valence-electron chi connectivity index (χ4n) is 4.10. The Kier molecular flexibility index (Phi) is 8.42. The highest BCUT2D eigenvalue weighted by atomic mass is 16.6. The number of hydrogen-bond donors (Lipinski definition) is 3. The maximum Gasteiger partial charge on any atom is 0.410 e. The van der Waals surface area contributed by atoms with Gasteiger partial charge in [0.25, 0.3) is 5.91 Å². The van der Waals surface area contributed by atoms with E-state index in [1.807, 2.05) is 26.8 Å². The fraction of sp³-hybridized carbons (Fsp3) is 0.310. The smallest absolute Gasteiger partial charge is 0.410 e. The first-order valence-corrected chi connectivity index (χ1v) is 12.9. The number of carbonyl (C=O) groups excluding carboxylic acids is 2. The molecule has 2 amide bonds. The summed E-state index contributed by atoms with van der Waals surface area (Å²) in [5, 5.41) is 16.4. The number of nitrogens with one attached hydrogen (secondary N) is 2. The molecular formula is C29H33N7O4. The van der Waals surface area contributed by atoms with Gasteiger partial charge < -0.3 is 25.0 Å². The van der Waals surface area contributed by atoms with Gasteiger partial charge in [-0.1, -0.05) is 30.3 Å². The molecule has 0 atom stereocenters. The Bertz CT molecular complexity index is 1400. The van der Waals surface area contributed by atoms with E-state index in [-0.39, 0.29) is 29.4 Å². The molecule has 1 aromatic heterocycles. The van der Waals surface area contributed by atoms with Crippen LogP contribution < -0.4 is 5.73 Å². The van der Waals surface area contributed by atoms with E-state index in [0.717, 1.165) is 0 Å². The van der Waals surface area contributed by atoms with Crippen molar-refractivity contribution in [1.29, 1.82) is 10.8 Å². The van der Waals surface area contributed by atoms with E-state index in [1.165, 1.54) is 6.20 Å². The van der Waals surface area contributed by atoms with Gasteiger partial charge in [0.1, 0.15) is 5.60 Å². The van der Waals surface area contributed by atoms with Gasteiger partial charge in [0.15, 0.2) is 11.5 Å². The number of rotatable bonds is 4. The van der Waals surface area contributed by atoms with Crippen LogP contribution in [0, 0.1) is 10.8 Å². The van der Waals surface area contributed by atoms with Gasteiger partial charge in [0, 0.05) is 42.9 Å². The summed E-state index contributed by atoms with van der Waals surface area (Å²) in [5.74, 6) is -0.726. The van der Waals surface area contributed by atoms with Crippen LogP contribution in [0.15, 0.2) is 60.8 Å². The van der Waals surface area contributed by atoms with Gasteiger partial charge in [-0.25, -0.2) is 14.8 Å². The molecule has 1 aliphatic rings. The van der Waals surface area contributed by atoms with E-state index in [9.17, 15) is 9.59 Å². The lowest BCUT2D eigenvalue weighted by Crippen LogP contribution is -2.40. The molecule has 11 heteroatoms. The van der Waals surface area contributed by atoms with Crippen molar-refractivity contribution in [2.45, 2.75) is 32.8 Å². The van der Waals surface area contributed by atoms with Gasteiger partial charge in [-0.2, -0.15) is 0 Å². The molecule has 1 aliphatic heterocycles. The van der Waals surface area contributed by atoms with Crippen molar-refractivity contribution < 1.29 is 19.1 Å². The first-order chi connectivity index (χ1) is 19.0. The summed E-state index contributed by atoms with van der Waals surface area (Å²) in [7, 11) is 0. The number of aromatic nitrogens is 2. The summed E-state index contributed by atoms with van der Waals surface area (Å²) in [6, 6.07) is 15.7. The second-order valence-corrected chi connectivity index (χ2v) is 10.3. The molecule has 0 saturated carbocycles. The number of nitrogen functional groups attached to an aromatic ring is 1. The first-order valence-electron chi connectivity index (χ1n) is 12.9.